The zero-order chi connectivity index (χ0) is 20.5. The van der Waals surface area contributed by atoms with Gasteiger partial charge in [0, 0.05) is 25.2 Å². The number of carbonyl (C=O) groups excluding carboxylic acids is 1. The van der Waals surface area contributed by atoms with Crippen molar-refractivity contribution in [2.24, 2.45) is 29.6 Å². The summed E-state index contributed by atoms with van der Waals surface area (Å²) in [5, 5.41) is 32.1. The average molecular weight is 379 g/mol. The minimum atomic E-state index is -0.792. The smallest absolute Gasteiger partial charge is 0.302 e. The van der Waals surface area contributed by atoms with Crippen molar-refractivity contribution in [2.75, 3.05) is 0 Å². The Hall–Kier alpha value is -1.43. The van der Waals surface area contributed by atoms with Crippen molar-refractivity contribution in [2.45, 2.75) is 65.0 Å². The van der Waals surface area contributed by atoms with E-state index in [4.69, 9.17) is 4.74 Å². The van der Waals surface area contributed by atoms with E-state index < -0.39 is 30.4 Å². The first-order valence-corrected chi connectivity index (χ1v) is 9.78. The zero-order valence-electron chi connectivity index (χ0n) is 16.8. The van der Waals surface area contributed by atoms with E-state index in [1.54, 1.807) is 6.92 Å². The van der Waals surface area contributed by atoms with Crippen molar-refractivity contribution in [3.05, 3.63) is 36.5 Å². The lowest BCUT2D eigenvalue weighted by molar-refractivity contribution is -0.153. The van der Waals surface area contributed by atoms with Crippen LogP contribution in [0, 0.1) is 29.6 Å². The van der Waals surface area contributed by atoms with Crippen LogP contribution in [0.2, 0.25) is 0 Å². The lowest BCUT2D eigenvalue weighted by Crippen LogP contribution is -2.42. The number of rotatable bonds is 6. The van der Waals surface area contributed by atoms with Crippen LogP contribution < -0.4 is 0 Å². The van der Waals surface area contributed by atoms with Gasteiger partial charge < -0.3 is 20.1 Å². The molecule has 0 radical (unpaired) electrons. The van der Waals surface area contributed by atoms with Gasteiger partial charge in [0.2, 0.25) is 0 Å². The highest BCUT2D eigenvalue weighted by atomic mass is 16.5. The lowest BCUT2D eigenvalue weighted by Gasteiger charge is -2.37. The molecule has 0 amide bonds. The molecule has 9 atom stereocenters. The summed E-state index contributed by atoms with van der Waals surface area (Å²) in [6.45, 7) is 14.9. The molecule has 5 nitrogen and oxygen atoms in total. The Morgan fingerprint density at radius 1 is 1.33 bits per heavy atom. The Labute approximate surface area is 162 Å². The predicted molar refractivity (Wildman–Crippen MR) is 105 cm³/mol. The fraction of sp³-hybridized carbons (Fsp3) is 0.682. The Morgan fingerprint density at radius 3 is 2.52 bits per heavy atom. The largest absolute Gasteiger partial charge is 0.462 e. The second kappa shape index (κ2) is 8.72. The van der Waals surface area contributed by atoms with Gasteiger partial charge in [-0.2, -0.15) is 0 Å². The molecular formula is C22H34O5. The van der Waals surface area contributed by atoms with Crippen LogP contribution >= 0.6 is 0 Å². The van der Waals surface area contributed by atoms with Gasteiger partial charge >= 0.3 is 5.97 Å². The number of hydrogen-bond acceptors (Lipinski definition) is 5. The van der Waals surface area contributed by atoms with E-state index in [1.165, 1.54) is 6.92 Å². The maximum absolute atomic E-state index is 11.6. The van der Waals surface area contributed by atoms with E-state index in [9.17, 15) is 20.1 Å². The van der Waals surface area contributed by atoms with Gasteiger partial charge in [-0.1, -0.05) is 44.7 Å². The first-order chi connectivity index (χ1) is 12.5. The average Bonchev–Trinajstić information content (AvgIpc) is 2.93. The second-order valence-electron chi connectivity index (χ2n) is 8.43. The molecule has 2 aliphatic carbocycles. The number of esters is 1. The molecule has 1 fully saturated rings. The molecule has 3 N–H and O–H groups in total. The molecule has 0 aliphatic heterocycles. The van der Waals surface area contributed by atoms with Crippen molar-refractivity contribution >= 4 is 5.97 Å². The fourth-order valence-electron chi connectivity index (χ4n) is 4.63. The summed E-state index contributed by atoms with van der Waals surface area (Å²) >= 11 is 0. The molecule has 5 heteroatoms. The monoisotopic (exact) mass is 378 g/mol. The first kappa shape index (κ1) is 21.9. The minimum absolute atomic E-state index is 0.0459. The summed E-state index contributed by atoms with van der Waals surface area (Å²) in [7, 11) is 0. The quantitative estimate of drug-likeness (QED) is 0.489. The summed E-state index contributed by atoms with van der Waals surface area (Å²) in [5.41, 5.74) is 1.34. The number of fused-ring (bicyclic) bond motifs is 1. The van der Waals surface area contributed by atoms with E-state index in [1.807, 2.05) is 13.0 Å². The van der Waals surface area contributed by atoms with E-state index in [0.717, 1.165) is 5.57 Å². The molecule has 0 aromatic carbocycles. The Kier molecular flexibility index (Phi) is 7.06. The SMILES string of the molecule is C=C(C)[C@H](O)C[C@H](OC(C)=O)[C@@H](C)[C@@H]1C[C@@H](O)C(=C)[C@@H]2C=C[C@H](C)[C@H]2[C@@H]1O. The molecule has 0 spiro atoms. The molecule has 0 aromatic rings. The van der Waals surface area contributed by atoms with E-state index in [0.29, 0.717) is 12.0 Å². The van der Waals surface area contributed by atoms with Crippen LogP contribution in [0.5, 0.6) is 0 Å². The first-order valence-electron chi connectivity index (χ1n) is 9.78. The molecule has 0 saturated heterocycles. The van der Waals surface area contributed by atoms with Crippen molar-refractivity contribution < 1.29 is 24.9 Å². The van der Waals surface area contributed by atoms with Crippen LogP contribution in [0.3, 0.4) is 0 Å². The number of hydrogen-bond donors (Lipinski definition) is 3. The zero-order valence-corrected chi connectivity index (χ0v) is 16.8. The van der Waals surface area contributed by atoms with Crippen LogP contribution in [0.15, 0.2) is 36.5 Å². The van der Waals surface area contributed by atoms with Gasteiger partial charge in [-0.25, -0.2) is 0 Å². The van der Waals surface area contributed by atoms with Gasteiger partial charge in [0.15, 0.2) is 0 Å². The predicted octanol–water partition coefficient (Wildman–Crippen LogP) is 2.62. The Bertz CT molecular complexity index is 610. The summed E-state index contributed by atoms with van der Waals surface area (Å²) in [4.78, 5) is 11.6. The van der Waals surface area contributed by atoms with Gasteiger partial charge in [-0.05, 0) is 36.7 Å². The molecule has 0 aromatic heterocycles. The molecule has 152 valence electrons. The third-order valence-electron chi connectivity index (χ3n) is 6.43. The Morgan fingerprint density at radius 2 is 1.96 bits per heavy atom. The van der Waals surface area contributed by atoms with Crippen molar-refractivity contribution in [3.8, 4) is 0 Å². The summed E-state index contributed by atoms with van der Waals surface area (Å²) in [5.74, 6) is -0.873. The third kappa shape index (κ3) is 4.71. The van der Waals surface area contributed by atoms with Gasteiger partial charge in [-0.3, -0.25) is 4.79 Å². The fourth-order valence-corrected chi connectivity index (χ4v) is 4.63. The Balaban J connectivity index is 2.29. The van der Waals surface area contributed by atoms with Gasteiger partial charge in [0.1, 0.15) is 6.10 Å². The summed E-state index contributed by atoms with van der Waals surface area (Å²) in [6, 6.07) is 0. The number of carbonyl (C=O) groups is 1. The standard InChI is InChI=1S/C22H34O5/c1-11(2)18(24)10-20(27-15(6)23)14(5)17-9-19(25)13(4)16-8-7-12(3)21(16)22(17)26/h7-8,12,14,16-22,24-26H,1,4,9-10H2,2-3,5-6H3/t12-,14-,16-,17-,18+,19+,20-,21+,22+/m0/s1. The van der Waals surface area contributed by atoms with Crippen LogP contribution in [0.1, 0.15) is 40.5 Å². The van der Waals surface area contributed by atoms with Crippen molar-refractivity contribution in [1.29, 1.82) is 0 Å². The lowest BCUT2D eigenvalue weighted by atomic mass is 9.74. The third-order valence-corrected chi connectivity index (χ3v) is 6.43. The van der Waals surface area contributed by atoms with Crippen LogP contribution in [0.25, 0.3) is 0 Å². The van der Waals surface area contributed by atoms with Crippen LogP contribution in [0.4, 0.5) is 0 Å². The van der Waals surface area contributed by atoms with Crippen molar-refractivity contribution in [3.63, 3.8) is 0 Å². The highest BCUT2D eigenvalue weighted by Crippen LogP contribution is 2.47. The maximum Gasteiger partial charge on any atom is 0.302 e. The highest BCUT2D eigenvalue weighted by Gasteiger charge is 2.47. The highest BCUT2D eigenvalue weighted by molar-refractivity contribution is 5.66. The van der Waals surface area contributed by atoms with Crippen LogP contribution in [-0.2, 0) is 9.53 Å². The van der Waals surface area contributed by atoms with Gasteiger partial charge in [0.25, 0.3) is 0 Å². The molecule has 2 rings (SSSR count). The van der Waals surface area contributed by atoms with Crippen LogP contribution in [-0.4, -0.2) is 45.7 Å². The molecule has 0 unspecified atom stereocenters. The molecule has 0 bridgehead atoms. The summed E-state index contributed by atoms with van der Waals surface area (Å²) < 4.78 is 5.50. The van der Waals surface area contributed by atoms with E-state index in [-0.39, 0.29) is 36.0 Å². The van der Waals surface area contributed by atoms with Crippen molar-refractivity contribution in [1.82, 2.24) is 0 Å². The molecule has 2 aliphatic rings. The second-order valence-corrected chi connectivity index (χ2v) is 8.43. The number of aliphatic hydroxyl groups excluding tert-OH is 3. The van der Waals surface area contributed by atoms with Gasteiger partial charge in [-0.15, -0.1) is 0 Å². The number of ether oxygens (including phenoxy) is 1. The molecular weight excluding hydrogens is 344 g/mol. The minimum Gasteiger partial charge on any atom is -0.462 e. The normalized spacial score (nSPS) is 36.5. The topological polar surface area (TPSA) is 87.0 Å². The molecule has 27 heavy (non-hydrogen) atoms. The maximum atomic E-state index is 11.6. The molecule has 1 saturated carbocycles. The number of aliphatic hydroxyl groups is 3. The number of allylic oxidation sites excluding steroid dienone is 2. The van der Waals surface area contributed by atoms with Gasteiger partial charge in [0.05, 0.1) is 18.3 Å². The van der Waals surface area contributed by atoms with E-state index in [2.05, 4.69) is 26.2 Å². The summed E-state index contributed by atoms with van der Waals surface area (Å²) in [6.07, 6.45) is 1.93. The van der Waals surface area contributed by atoms with E-state index >= 15 is 0 Å². The molecule has 0 heterocycles.